The van der Waals surface area contributed by atoms with E-state index in [2.05, 4.69) is 5.32 Å². The summed E-state index contributed by atoms with van der Waals surface area (Å²) in [6.45, 7) is 1.63. The van der Waals surface area contributed by atoms with E-state index in [0.29, 0.717) is 17.2 Å². The highest BCUT2D eigenvalue weighted by atomic mass is 16.7. The molecule has 0 spiro atoms. The number of amides is 2. The number of phenolic OH excluding ortho intramolecular Hbond substituents is 1. The third-order valence-electron chi connectivity index (χ3n) is 4.37. The summed E-state index contributed by atoms with van der Waals surface area (Å²) in [5.74, 6) is 0.118. The molecule has 1 unspecified atom stereocenters. The fraction of sp³-hybridized carbons (Fsp3) is 0.130. The molecule has 0 radical (unpaired) electrons. The molecule has 2 N–H and O–H groups in total. The predicted octanol–water partition coefficient (Wildman–Crippen LogP) is 3.55. The number of hydrogen-bond acceptors (Lipinski definition) is 6. The number of benzene rings is 3. The maximum absolute atomic E-state index is 12.8. The average molecular weight is 406 g/mol. The Bertz CT molecular complexity index is 988. The molecule has 0 fully saturated rings. The molecular formula is C23H22N2O5. The fourth-order valence-electron chi connectivity index (χ4n) is 2.69. The number of hydroxylamine groups is 1. The van der Waals surface area contributed by atoms with Crippen LogP contribution in [0, 0.1) is 0 Å². The fourth-order valence-corrected chi connectivity index (χ4v) is 2.69. The lowest BCUT2D eigenvalue weighted by atomic mass is 10.2. The van der Waals surface area contributed by atoms with Gasteiger partial charge in [-0.1, -0.05) is 18.2 Å². The largest absolute Gasteiger partial charge is 0.508 e. The van der Waals surface area contributed by atoms with E-state index in [1.54, 1.807) is 50.4 Å². The van der Waals surface area contributed by atoms with E-state index in [-0.39, 0.29) is 11.3 Å². The lowest BCUT2D eigenvalue weighted by Crippen LogP contribution is -2.48. The summed E-state index contributed by atoms with van der Waals surface area (Å²) in [5.41, 5.74) is 0.906. The van der Waals surface area contributed by atoms with Crippen molar-refractivity contribution < 1.29 is 24.3 Å². The molecule has 0 saturated heterocycles. The second kappa shape index (κ2) is 9.47. The maximum atomic E-state index is 12.8. The summed E-state index contributed by atoms with van der Waals surface area (Å²) in [6, 6.07) is 20.9. The summed E-state index contributed by atoms with van der Waals surface area (Å²) < 4.78 is 5.15. The van der Waals surface area contributed by atoms with Crippen molar-refractivity contribution in [2.45, 2.75) is 13.0 Å². The SMILES string of the molecule is COc1ccc(ON(c2ccccc2)C(C)C(=O)NC(=O)c2ccc(O)cc2)cc1. The van der Waals surface area contributed by atoms with Gasteiger partial charge in [0.2, 0.25) is 0 Å². The smallest absolute Gasteiger partial charge is 0.257 e. The van der Waals surface area contributed by atoms with E-state index in [0.717, 1.165) is 0 Å². The van der Waals surface area contributed by atoms with Crippen molar-refractivity contribution in [1.82, 2.24) is 5.32 Å². The van der Waals surface area contributed by atoms with Crippen LogP contribution in [0.2, 0.25) is 0 Å². The highest BCUT2D eigenvalue weighted by Gasteiger charge is 2.26. The minimum atomic E-state index is -0.824. The van der Waals surface area contributed by atoms with Crippen molar-refractivity contribution in [3.8, 4) is 17.2 Å². The molecule has 7 heteroatoms. The third-order valence-corrected chi connectivity index (χ3v) is 4.37. The van der Waals surface area contributed by atoms with Gasteiger partial charge in [-0.05, 0) is 67.6 Å². The second-order valence-corrected chi connectivity index (χ2v) is 6.47. The lowest BCUT2D eigenvalue weighted by Gasteiger charge is -2.29. The van der Waals surface area contributed by atoms with Gasteiger partial charge < -0.3 is 14.7 Å². The minimum absolute atomic E-state index is 0.0365. The number of imide groups is 1. The molecular weight excluding hydrogens is 384 g/mol. The molecule has 0 bridgehead atoms. The number of nitrogens with zero attached hydrogens (tertiary/aromatic N) is 1. The number of hydrogen-bond donors (Lipinski definition) is 2. The summed E-state index contributed by atoms with van der Waals surface area (Å²) in [7, 11) is 1.57. The van der Waals surface area contributed by atoms with Crippen LogP contribution in [0.25, 0.3) is 0 Å². The van der Waals surface area contributed by atoms with E-state index in [9.17, 15) is 14.7 Å². The van der Waals surface area contributed by atoms with Gasteiger partial charge in [0.25, 0.3) is 11.8 Å². The number of carbonyl (C=O) groups is 2. The molecule has 0 aliphatic carbocycles. The first-order valence-electron chi connectivity index (χ1n) is 9.28. The molecule has 30 heavy (non-hydrogen) atoms. The van der Waals surface area contributed by atoms with Gasteiger partial charge in [-0.3, -0.25) is 14.9 Å². The minimum Gasteiger partial charge on any atom is -0.508 e. The van der Waals surface area contributed by atoms with Gasteiger partial charge in [0.1, 0.15) is 17.5 Å². The molecule has 3 aromatic rings. The Hall–Kier alpha value is -4.00. The van der Waals surface area contributed by atoms with E-state index < -0.39 is 17.9 Å². The van der Waals surface area contributed by atoms with Gasteiger partial charge in [0.15, 0.2) is 5.75 Å². The van der Waals surface area contributed by atoms with E-state index in [1.807, 2.05) is 18.2 Å². The van der Waals surface area contributed by atoms with E-state index in [1.165, 1.54) is 29.3 Å². The van der Waals surface area contributed by atoms with Crippen LogP contribution < -0.4 is 20.0 Å². The molecule has 3 aromatic carbocycles. The zero-order valence-corrected chi connectivity index (χ0v) is 16.6. The molecule has 0 aliphatic rings. The molecule has 3 rings (SSSR count). The zero-order chi connectivity index (χ0) is 21.5. The molecule has 0 saturated carbocycles. The molecule has 154 valence electrons. The zero-order valence-electron chi connectivity index (χ0n) is 16.6. The maximum Gasteiger partial charge on any atom is 0.257 e. The van der Waals surface area contributed by atoms with E-state index >= 15 is 0 Å². The first-order valence-corrected chi connectivity index (χ1v) is 9.28. The van der Waals surface area contributed by atoms with Gasteiger partial charge in [-0.2, -0.15) is 5.06 Å². The molecule has 0 aliphatic heterocycles. The molecule has 2 amide bonds. The van der Waals surface area contributed by atoms with Crippen LogP contribution >= 0.6 is 0 Å². The van der Waals surface area contributed by atoms with Crippen molar-refractivity contribution in [1.29, 1.82) is 0 Å². The third kappa shape index (κ3) is 5.08. The Labute approximate surface area is 174 Å². The summed E-state index contributed by atoms with van der Waals surface area (Å²) >= 11 is 0. The van der Waals surface area contributed by atoms with Crippen LogP contribution in [0.15, 0.2) is 78.9 Å². The van der Waals surface area contributed by atoms with Crippen molar-refractivity contribution in [2.75, 3.05) is 12.2 Å². The number of carbonyl (C=O) groups excluding carboxylic acids is 2. The summed E-state index contributed by atoms with van der Waals surface area (Å²) in [4.78, 5) is 31.1. The number of para-hydroxylation sites is 1. The Morgan fingerprint density at radius 1 is 0.900 bits per heavy atom. The molecule has 7 nitrogen and oxygen atoms in total. The van der Waals surface area contributed by atoms with Crippen molar-refractivity contribution in [3.63, 3.8) is 0 Å². The number of aromatic hydroxyl groups is 1. The molecule has 0 aromatic heterocycles. The first-order chi connectivity index (χ1) is 14.5. The number of anilines is 1. The van der Waals surface area contributed by atoms with Crippen LogP contribution in [0.4, 0.5) is 5.69 Å². The number of ether oxygens (including phenoxy) is 1. The lowest BCUT2D eigenvalue weighted by molar-refractivity contribution is -0.122. The topological polar surface area (TPSA) is 88.1 Å². The monoisotopic (exact) mass is 406 g/mol. The van der Waals surface area contributed by atoms with Crippen molar-refractivity contribution >= 4 is 17.5 Å². The summed E-state index contributed by atoms with van der Waals surface area (Å²) in [6.07, 6.45) is 0. The Balaban J connectivity index is 1.78. The highest BCUT2D eigenvalue weighted by Crippen LogP contribution is 2.23. The van der Waals surface area contributed by atoms with Crippen LogP contribution in [-0.4, -0.2) is 30.1 Å². The van der Waals surface area contributed by atoms with E-state index in [4.69, 9.17) is 9.57 Å². The van der Waals surface area contributed by atoms with Crippen LogP contribution in [0.1, 0.15) is 17.3 Å². The van der Waals surface area contributed by atoms with Gasteiger partial charge in [0, 0.05) is 5.56 Å². The standard InChI is InChI=1S/C23H22N2O5/c1-16(22(27)24-23(28)17-8-10-19(26)11-9-17)25(18-6-4-3-5-7-18)30-21-14-12-20(29-2)13-15-21/h3-16,26H,1-2H3,(H,24,27,28). The van der Waals surface area contributed by atoms with Crippen LogP contribution in [0.3, 0.4) is 0 Å². The van der Waals surface area contributed by atoms with Crippen LogP contribution in [-0.2, 0) is 4.79 Å². The second-order valence-electron chi connectivity index (χ2n) is 6.47. The average Bonchev–Trinajstić information content (AvgIpc) is 2.78. The number of phenols is 1. The number of methoxy groups -OCH3 is 1. The molecule has 0 heterocycles. The quantitative estimate of drug-likeness (QED) is 0.584. The van der Waals surface area contributed by atoms with Gasteiger partial charge in [-0.15, -0.1) is 0 Å². The van der Waals surface area contributed by atoms with Gasteiger partial charge in [-0.25, -0.2) is 0 Å². The Kier molecular flexibility index (Phi) is 6.54. The number of rotatable bonds is 7. The first kappa shape index (κ1) is 20.7. The Morgan fingerprint density at radius 3 is 2.10 bits per heavy atom. The predicted molar refractivity (Wildman–Crippen MR) is 113 cm³/mol. The van der Waals surface area contributed by atoms with Crippen molar-refractivity contribution in [3.05, 3.63) is 84.4 Å². The molecule has 1 atom stereocenters. The highest BCUT2D eigenvalue weighted by molar-refractivity contribution is 6.06. The van der Waals surface area contributed by atoms with Crippen molar-refractivity contribution in [2.24, 2.45) is 0 Å². The summed E-state index contributed by atoms with van der Waals surface area (Å²) in [5, 5.41) is 13.2. The normalized spacial score (nSPS) is 11.3. The van der Waals surface area contributed by atoms with Gasteiger partial charge >= 0.3 is 0 Å². The van der Waals surface area contributed by atoms with Gasteiger partial charge in [0.05, 0.1) is 12.8 Å². The Morgan fingerprint density at radius 2 is 1.50 bits per heavy atom. The number of nitrogens with one attached hydrogen (secondary N) is 1. The van der Waals surface area contributed by atoms with Crippen LogP contribution in [0.5, 0.6) is 17.2 Å².